The molecule has 0 saturated heterocycles. The van der Waals surface area contributed by atoms with Crippen molar-refractivity contribution >= 4 is 21.5 Å². The third-order valence-corrected chi connectivity index (χ3v) is 6.99. The van der Waals surface area contributed by atoms with Gasteiger partial charge in [0.2, 0.25) is 0 Å². The van der Waals surface area contributed by atoms with Crippen molar-refractivity contribution in [1.29, 1.82) is 5.26 Å². The number of benzene rings is 2. The topological polar surface area (TPSA) is 118 Å². The number of ether oxygens (including phenoxy) is 1. The number of nitriles is 1. The van der Waals surface area contributed by atoms with Crippen LogP contribution in [0.1, 0.15) is 12.5 Å². The molecule has 34 heavy (non-hydrogen) atoms. The third kappa shape index (κ3) is 4.77. The lowest BCUT2D eigenvalue weighted by molar-refractivity contribution is 0.416. The number of hydrogen-bond donors (Lipinski definition) is 1. The largest absolute Gasteiger partial charge is 0.495 e. The van der Waals surface area contributed by atoms with Crippen molar-refractivity contribution in [3.05, 3.63) is 72.6 Å². The molecule has 0 aliphatic heterocycles. The van der Waals surface area contributed by atoms with Crippen LogP contribution in [0.15, 0.2) is 76.3 Å². The van der Waals surface area contributed by atoms with Crippen molar-refractivity contribution in [2.75, 3.05) is 18.2 Å². The molecule has 2 aromatic carbocycles. The highest BCUT2D eigenvalue weighted by Gasteiger charge is 2.17. The summed E-state index contributed by atoms with van der Waals surface area (Å²) in [5.41, 5.74) is 3.64. The van der Waals surface area contributed by atoms with Gasteiger partial charge >= 0.3 is 0 Å². The highest BCUT2D eigenvalue weighted by atomic mass is 32.2. The Hall–Kier alpha value is -4.16. The van der Waals surface area contributed by atoms with Crippen LogP contribution in [0.5, 0.6) is 5.75 Å². The van der Waals surface area contributed by atoms with Gasteiger partial charge in [-0.05, 0) is 42.0 Å². The van der Waals surface area contributed by atoms with E-state index in [0.717, 1.165) is 22.4 Å². The van der Waals surface area contributed by atoms with Crippen LogP contribution in [0.3, 0.4) is 0 Å². The van der Waals surface area contributed by atoms with Crippen LogP contribution >= 0.6 is 0 Å². The number of anilines is 2. The van der Waals surface area contributed by atoms with E-state index in [1.165, 1.54) is 19.2 Å². The van der Waals surface area contributed by atoms with Crippen molar-refractivity contribution in [2.45, 2.75) is 18.2 Å². The number of methoxy groups -OCH3 is 1. The Bertz CT molecular complexity index is 1460. The summed E-state index contributed by atoms with van der Waals surface area (Å²) in [4.78, 5) is 8.88. The fourth-order valence-corrected chi connectivity index (χ4v) is 4.36. The summed E-state index contributed by atoms with van der Waals surface area (Å²) < 4.78 is 35.8. The normalized spacial score (nSPS) is 11.1. The van der Waals surface area contributed by atoms with Crippen LogP contribution in [0.2, 0.25) is 0 Å². The molecule has 0 unspecified atom stereocenters. The SMILES string of the molecule is CCS(=O)(=O)c1ccc(OC)c(Nc2ncc(-c3ccc(CC#N)c(-c4ccccn4)c3)o2)c1. The maximum atomic E-state index is 12.3. The molecule has 0 amide bonds. The molecule has 172 valence electrons. The van der Waals surface area contributed by atoms with E-state index in [1.807, 2.05) is 36.4 Å². The summed E-state index contributed by atoms with van der Waals surface area (Å²) in [6, 6.07) is 18.2. The molecule has 0 fully saturated rings. The number of hydrogen-bond acceptors (Lipinski definition) is 8. The average Bonchev–Trinajstić information content (AvgIpc) is 3.33. The van der Waals surface area contributed by atoms with E-state index in [4.69, 9.17) is 9.15 Å². The second kappa shape index (κ2) is 9.77. The number of aromatic nitrogens is 2. The lowest BCUT2D eigenvalue weighted by Gasteiger charge is -2.11. The second-order valence-corrected chi connectivity index (χ2v) is 9.62. The van der Waals surface area contributed by atoms with Gasteiger partial charge in [0, 0.05) is 17.3 Å². The van der Waals surface area contributed by atoms with Gasteiger partial charge in [-0.1, -0.05) is 25.1 Å². The molecule has 9 heteroatoms. The molecule has 4 rings (SSSR count). The van der Waals surface area contributed by atoms with Crippen LogP contribution in [-0.4, -0.2) is 31.2 Å². The minimum atomic E-state index is -3.39. The first kappa shape index (κ1) is 23.0. The second-order valence-electron chi connectivity index (χ2n) is 7.34. The van der Waals surface area contributed by atoms with Crippen molar-refractivity contribution in [3.63, 3.8) is 0 Å². The predicted molar refractivity (Wildman–Crippen MR) is 128 cm³/mol. The van der Waals surface area contributed by atoms with Crippen LogP contribution in [0, 0.1) is 11.3 Å². The Kier molecular flexibility index (Phi) is 6.61. The van der Waals surface area contributed by atoms with E-state index >= 15 is 0 Å². The molecule has 1 N–H and O–H groups in total. The molecular weight excluding hydrogens is 452 g/mol. The molecule has 0 aliphatic carbocycles. The molecule has 0 aliphatic rings. The lowest BCUT2D eigenvalue weighted by atomic mass is 9.98. The Morgan fingerprint density at radius 3 is 2.68 bits per heavy atom. The van der Waals surface area contributed by atoms with Crippen LogP contribution < -0.4 is 10.1 Å². The van der Waals surface area contributed by atoms with Crippen molar-refractivity contribution in [1.82, 2.24) is 9.97 Å². The lowest BCUT2D eigenvalue weighted by Crippen LogP contribution is -2.05. The summed E-state index contributed by atoms with van der Waals surface area (Å²) in [6.45, 7) is 1.59. The van der Waals surface area contributed by atoms with Gasteiger partial charge in [0.05, 0.1) is 47.8 Å². The zero-order valence-corrected chi connectivity index (χ0v) is 19.5. The van der Waals surface area contributed by atoms with Gasteiger partial charge in [0.15, 0.2) is 15.6 Å². The Morgan fingerprint density at radius 1 is 1.12 bits per heavy atom. The van der Waals surface area contributed by atoms with E-state index in [0.29, 0.717) is 17.2 Å². The first-order chi connectivity index (χ1) is 16.4. The minimum Gasteiger partial charge on any atom is -0.495 e. The number of pyridine rings is 1. The van der Waals surface area contributed by atoms with Crippen molar-refractivity contribution in [3.8, 4) is 34.4 Å². The zero-order chi connectivity index (χ0) is 24.1. The van der Waals surface area contributed by atoms with Gasteiger partial charge in [-0.25, -0.2) is 13.4 Å². The van der Waals surface area contributed by atoms with Crippen LogP contribution in [-0.2, 0) is 16.3 Å². The number of sulfone groups is 1. The van der Waals surface area contributed by atoms with E-state index < -0.39 is 9.84 Å². The quantitative estimate of drug-likeness (QED) is 0.378. The van der Waals surface area contributed by atoms with Crippen molar-refractivity contribution < 1.29 is 17.6 Å². The standard InChI is InChI=1S/C25H22N4O4S/c1-3-34(30,31)19-9-10-23(32-2)22(15-19)29-25-28-16-24(33-25)18-8-7-17(11-12-26)20(14-18)21-6-4-5-13-27-21/h4-10,13-16H,3,11H2,1-2H3,(H,28,29). The number of oxazole rings is 1. The number of nitrogens with one attached hydrogen (secondary N) is 1. The zero-order valence-electron chi connectivity index (χ0n) is 18.6. The molecule has 0 spiro atoms. The number of rotatable bonds is 8. The third-order valence-electron chi connectivity index (χ3n) is 5.26. The highest BCUT2D eigenvalue weighted by molar-refractivity contribution is 7.91. The first-order valence-electron chi connectivity index (χ1n) is 10.5. The average molecular weight is 475 g/mol. The monoisotopic (exact) mass is 474 g/mol. The molecule has 2 aromatic heterocycles. The maximum absolute atomic E-state index is 12.3. The summed E-state index contributed by atoms with van der Waals surface area (Å²) >= 11 is 0. The van der Waals surface area contributed by atoms with Gasteiger partial charge in [-0.15, -0.1) is 0 Å². The summed E-state index contributed by atoms with van der Waals surface area (Å²) in [7, 11) is -1.89. The number of nitrogens with zero attached hydrogens (tertiary/aromatic N) is 3. The summed E-state index contributed by atoms with van der Waals surface area (Å²) in [6.07, 6.45) is 3.53. The summed E-state index contributed by atoms with van der Waals surface area (Å²) in [5, 5.41) is 12.2. The van der Waals surface area contributed by atoms with Gasteiger partial charge < -0.3 is 14.5 Å². The Morgan fingerprint density at radius 2 is 1.97 bits per heavy atom. The van der Waals surface area contributed by atoms with Gasteiger partial charge in [-0.3, -0.25) is 4.98 Å². The van der Waals surface area contributed by atoms with E-state index in [2.05, 4.69) is 21.4 Å². The van der Waals surface area contributed by atoms with Gasteiger partial charge in [0.25, 0.3) is 6.01 Å². The van der Waals surface area contributed by atoms with E-state index in [9.17, 15) is 13.7 Å². The Balaban J connectivity index is 1.67. The highest BCUT2D eigenvalue weighted by Crippen LogP contribution is 2.33. The molecule has 2 heterocycles. The fraction of sp³-hybridized carbons (Fsp3) is 0.160. The van der Waals surface area contributed by atoms with E-state index in [1.54, 1.807) is 25.4 Å². The molecular formula is C25H22N4O4S. The minimum absolute atomic E-state index is 0.0116. The fourth-order valence-electron chi connectivity index (χ4n) is 3.46. The summed E-state index contributed by atoms with van der Waals surface area (Å²) in [5.74, 6) is 0.940. The Labute approximate surface area is 197 Å². The molecule has 0 saturated carbocycles. The van der Waals surface area contributed by atoms with Gasteiger partial charge in [-0.2, -0.15) is 5.26 Å². The van der Waals surface area contributed by atoms with E-state index in [-0.39, 0.29) is 23.1 Å². The molecule has 0 atom stereocenters. The van der Waals surface area contributed by atoms with Crippen molar-refractivity contribution in [2.24, 2.45) is 0 Å². The molecule has 8 nitrogen and oxygen atoms in total. The predicted octanol–water partition coefficient (Wildman–Crippen LogP) is 5.02. The smallest absolute Gasteiger partial charge is 0.299 e. The van der Waals surface area contributed by atoms with Crippen LogP contribution in [0.4, 0.5) is 11.7 Å². The van der Waals surface area contributed by atoms with Gasteiger partial charge in [0.1, 0.15) is 5.75 Å². The first-order valence-corrected chi connectivity index (χ1v) is 12.2. The molecule has 4 aromatic rings. The maximum Gasteiger partial charge on any atom is 0.299 e. The van der Waals surface area contributed by atoms with Crippen LogP contribution in [0.25, 0.3) is 22.6 Å². The molecule has 0 bridgehead atoms. The molecule has 0 radical (unpaired) electrons.